The highest BCUT2D eigenvalue weighted by Crippen LogP contribution is 2.30. The number of nitrogens with one attached hydrogen (secondary N) is 2. The van der Waals surface area contributed by atoms with E-state index in [1.807, 2.05) is 24.0 Å². The summed E-state index contributed by atoms with van der Waals surface area (Å²) in [6.07, 6.45) is 8.37. The number of pyridine rings is 1. The van der Waals surface area contributed by atoms with Crippen LogP contribution in [-0.2, 0) is 26.4 Å². The van der Waals surface area contributed by atoms with Crippen molar-refractivity contribution in [2.45, 2.75) is 32.2 Å². The highest BCUT2D eigenvalue weighted by molar-refractivity contribution is 5.98. The predicted molar refractivity (Wildman–Crippen MR) is 105 cm³/mol. The minimum absolute atomic E-state index is 0.0694. The van der Waals surface area contributed by atoms with Gasteiger partial charge in [-0.15, -0.1) is 0 Å². The summed E-state index contributed by atoms with van der Waals surface area (Å²) < 4.78 is 1.84. The summed E-state index contributed by atoms with van der Waals surface area (Å²) in [4.78, 5) is 19.7. The molecule has 0 bridgehead atoms. The quantitative estimate of drug-likeness (QED) is 0.810. The van der Waals surface area contributed by atoms with Crippen molar-refractivity contribution >= 4 is 11.7 Å². The minimum Gasteiger partial charge on any atom is -0.369 e. The summed E-state index contributed by atoms with van der Waals surface area (Å²) in [5, 5.41) is 10.4. The zero-order valence-corrected chi connectivity index (χ0v) is 16.2. The van der Waals surface area contributed by atoms with E-state index in [1.54, 1.807) is 7.05 Å². The SMILES string of the molecule is CNC(=O)c1cc2c(nc1NCC1CC1)CCN(Cc1cnn(C)c1)CC2. The van der Waals surface area contributed by atoms with Crippen LogP contribution in [0.1, 0.15) is 40.0 Å². The third-order valence-corrected chi connectivity index (χ3v) is 5.44. The third-order valence-electron chi connectivity index (χ3n) is 5.44. The molecule has 0 radical (unpaired) electrons. The number of nitrogens with zero attached hydrogens (tertiary/aromatic N) is 4. The maximum absolute atomic E-state index is 12.4. The molecule has 0 unspecified atom stereocenters. The van der Waals surface area contributed by atoms with Crippen LogP contribution >= 0.6 is 0 Å². The van der Waals surface area contributed by atoms with Crippen molar-refractivity contribution in [3.63, 3.8) is 0 Å². The Hall–Kier alpha value is -2.41. The van der Waals surface area contributed by atoms with Crippen LogP contribution in [0.5, 0.6) is 0 Å². The van der Waals surface area contributed by atoms with Gasteiger partial charge in [0.05, 0.1) is 11.8 Å². The lowest BCUT2D eigenvalue weighted by Crippen LogP contribution is -2.25. The Kier molecular flexibility index (Phi) is 5.11. The van der Waals surface area contributed by atoms with Crippen molar-refractivity contribution in [3.05, 3.63) is 40.8 Å². The molecule has 2 aromatic rings. The van der Waals surface area contributed by atoms with Crippen molar-refractivity contribution in [1.82, 2.24) is 25.0 Å². The first-order chi connectivity index (χ1) is 13.1. The van der Waals surface area contributed by atoms with Crippen LogP contribution in [0.15, 0.2) is 18.5 Å². The topological polar surface area (TPSA) is 75.1 Å². The first-order valence-electron chi connectivity index (χ1n) is 9.81. The minimum atomic E-state index is -0.0694. The molecule has 7 nitrogen and oxygen atoms in total. The number of hydrogen-bond acceptors (Lipinski definition) is 5. The Morgan fingerprint density at radius 2 is 2.11 bits per heavy atom. The van der Waals surface area contributed by atoms with Crippen molar-refractivity contribution in [2.75, 3.05) is 32.0 Å². The molecule has 1 aliphatic heterocycles. The molecule has 0 aromatic carbocycles. The highest BCUT2D eigenvalue weighted by atomic mass is 16.1. The van der Waals surface area contributed by atoms with Crippen LogP contribution < -0.4 is 10.6 Å². The first kappa shape index (κ1) is 18.0. The number of hydrogen-bond donors (Lipinski definition) is 2. The summed E-state index contributed by atoms with van der Waals surface area (Å²) in [7, 11) is 3.62. The van der Waals surface area contributed by atoms with Gasteiger partial charge < -0.3 is 10.6 Å². The summed E-state index contributed by atoms with van der Waals surface area (Å²) in [5.41, 5.74) is 4.21. The molecule has 2 aliphatic rings. The van der Waals surface area contributed by atoms with Gasteiger partial charge in [0.1, 0.15) is 5.82 Å². The number of amides is 1. The maximum Gasteiger partial charge on any atom is 0.254 e. The second kappa shape index (κ2) is 7.68. The molecule has 144 valence electrons. The second-order valence-electron chi connectivity index (χ2n) is 7.69. The Bertz CT molecular complexity index is 826. The molecule has 0 atom stereocenters. The van der Waals surface area contributed by atoms with E-state index in [2.05, 4.69) is 26.8 Å². The van der Waals surface area contributed by atoms with Gasteiger partial charge in [-0.3, -0.25) is 14.4 Å². The van der Waals surface area contributed by atoms with E-state index < -0.39 is 0 Å². The number of fused-ring (bicyclic) bond motifs is 1. The Labute approximate surface area is 160 Å². The van der Waals surface area contributed by atoms with Crippen LogP contribution in [0.2, 0.25) is 0 Å². The number of anilines is 1. The summed E-state index contributed by atoms with van der Waals surface area (Å²) >= 11 is 0. The van der Waals surface area contributed by atoms with Gasteiger partial charge in [-0.1, -0.05) is 0 Å². The van der Waals surface area contributed by atoms with Gasteiger partial charge in [0, 0.05) is 64.1 Å². The van der Waals surface area contributed by atoms with Crippen LogP contribution in [0.3, 0.4) is 0 Å². The zero-order chi connectivity index (χ0) is 18.8. The lowest BCUT2D eigenvalue weighted by atomic mass is 10.1. The number of aromatic nitrogens is 3. The monoisotopic (exact) mass is 368 g/mol. The van der Waals surface area contributed by atoms with Crippen molar-refractivity contribution < 1.29 is 4.79 Å². The molecule has 1 amide bonds. The molecule has 2 N–H and O–H groups in total. The molecule has 0 saturated heterocycles. The summed E-state index contributed by atoms with van der Waals surface area (Å²) in [6, 6.07) is 2.05. The number of carbonyl (C=O) groups excluding carboxylic acids is 1. The van der Waals surface area contributed by atoms with E-state index in [1.165, 1.54) is 24.0 Å². The van der Waals surface area contributed by atoms with E-state index >= 15 is 0 Å². The van der Waals surface area contributed by atoms with Crippen molar-refractivity contribution in [3.8, 4) is 0 Å². The van der Waals surface area contributed by atoms with Gasteiger partial charge in [0.25, 0.3) is 5.91 Å². The molecule has 27 heavy (non-hydrogen) atoms. The Morgan fingerprint density at radius 1 is 1.30 bits per heavy atom. The van der Waals surface area contributed by atoms with Crippen LogP contribution in [-0.4, -0.2) is 52.3 Å². The molecule has 0 spiro atoms. The lowest BCUT2D eigenvalue weighted by molar-refractivity contribution is 0.0963. The van der Waals surface area contributed by atoms with Gasteiger partial charge in [-0.05, 0) is 36.8 Å². The lowest BCUT2D eigenvalue weighted by Gasteiger charge is -2.18. The van der Waals surface area contributed by atoms with Crippen molar-refractivity contribution in [1.29, 1.82) is 0 Å². The Morgan fingerprint density at radius 3 is 2.81 bits per heavy atom. The molecule has 1 fully saturated rings. The fourth-order valence-electron chi connectivity index (χ4n) is 3.66. The van der Waals surface area contributed by atoms with Gasteiger partial charge in [0.2, 0.25) is 0 Å². The molecular weight excluding hydrogens is 340 g/mol. The molecule has 1 saturated carbocycles. The molecule has 7 heteroatoms. The predicted octanol–water partition coefficient (Wildman–Crippen LogP) is 1.60. The number of carbonyl (C=O) groups is 1. The first-order valence-corrected chi connectivity index (χ1v) is 9.81. The third kappa shape index (κ3) is 4.30. The molecule has 2 aromatic heterocycles. The second-order valence-corrected chi connectivity index (χ2v) is 7.69. The fourth-order valence-corrected chi connectivity index (χ4v) is 3.66. The number of aryl methyl sites for hydroxylation is 1. The fraction of sp³-hybridized carbons (Fsp3) is 0.550. The van der Waals surface area contributed by atoms with E-state index in [0.717, 1.165) is 56.5 Å². The van der Waals surface area contributed by atoms with Gasteiger partial charge in [0.15, 0.2) is 0 Å². The van der Waals surface area contributed by atoms with Gasteiger partial charge >= 0.3 is 0 Å². The molecular formula is C20H28N6O. The van der Waals surface area contributed by atoms with E-state index in [-0.39, 0.29) is 5.91 Å². The summed E-state index contributed by atoms with van der Waals surface area (Å²) in [5.74, 6) is 1.40. The van der Waals surface area contributed by atoms with Crippen molar-refractivity contribution in [2.24, 2.45) is 13.0 Å². The van der Waals surface area contributed by atoms with Gasteiger partial charge in [-0.25, -0.2) is 4.98 Å². The van der Waals surface area contributed by atoms with Crippen LogP contribution in [0, 0.1) is 5.92 Å². The standard InChI is InChI=1S/C20H28N6O/c1-21-20(27)17-9-16-5-7-26(13-15-11-23-25(2)12-15)8-6-18(16)24-19(17)22-10-14-3-4-14/h9,11-12,14H,3-8,10,13H2,1-2H3,(H,21,27)(H,22,24). The van der Waals surface area contributed by atoms with Gasteiger partial charge in [-0.2, -0.15) is 5.10 Å². The Balaban J connectivity index is 1.51. The maximum atomic E-state index is 12.4. The average molecular weight is 368 g/mol. The van der Waals surface area contributed by atoms with Crippen LogP contribution in [0.4, 0.5) is 5.82 Å². The normalized spacial score (nSPS) is 17.3. The van der Waals surface area contributed by atoms with E-state index in [0.29, 0.717) is 5.56 Å². The zero-order valence-electron chi connectivity index (χ0n) is 16.2. The molecule has 3 heterocycles. The highest BCUT2D eigenvalue weighted by Gasteiger charge is 2.24. The summed E-state index contributed by atoms with van der Waals surface area (Å²) in [6.45, 7) is 3.74. The largest absolute Gasteiger partial charge is 0.369 e. The van der Waals surface area contributed by atoms with E-state index in [4.69, 9.17) is 4.98 Å². The molecule has 1 aliphatic carbocycles. The van der Waals surface area contributed by atoms with Crippen LogP contribution in [0.25, 0.3) is 0 Å². The number of rotatable bonds is 6. The average Bonchev–Trinajstić information content (AvgIpc) is 3.44. The smallest absolute Gasteiger partial charge is 0.254 e. The van der Waals surface area contributed by atoms with E-state index in [9.17, 15) is 4.79 Å². The molecule has 4 rings (SSSR count).